The number of benzene rings is 6. The third-order valence-corrected chi connectivity index (χ3v) is 11.5. The third kappa shape index (κ3) is 5.16. The minimum Gasteiger partial charge on any atom is -0.284 e. The molecule has 0 fully saturated rings. The number of hydrogen-bond acceptors (Lipinski definition) is 5. The number of aromatic nitrogens is 6. The van der Waals surface area contributed by atoms with E-state index in [1.807, 2.05) is 24.4 Å². The Morgan fingerprint density at radius 3 is 2.19 bits per heavy atom. The van der Waals surface area contributed by atoms with Gasteiger partial charge >= 0.3 is 0 Å². The van der Waals surface area contributed by atoms with Crippen LogP contribution in [0.15, 0.2) is 182 Å². The molecule has 4 heterocycles. The van der Waals surface area contributed by atoms with Crippen molar-refractivity contribution in [2.45, 2.75) is 0 Å². The Bertz CT molecular complexity index is 3590. The van der Waals surface area contributed by atoms with E-state index in [-0.39, 0.29) is 5.92 Å². The predicted molar refractivity (Wildman–Crippen MR) is 236 cm³/mol. The second kappa shape index (κ2) is 12.9. The summed E-state index contributed by atoms with van der Waals surface area (Å²) >= 11 is 0. The minimum absolute atomic E-state index is 0.0716. The molecule has 10 aromatic rings. The molecule has 0 saturated heterocycles. The van der Waals surface area contributed by atoms with E-state index in [9.17, 15) is 0 Å². The van der Waals surface area contributed by atoms with Gasteiger partial charge in [0.05, 0.1) is 5.69 Å². The molecule has 0 radical (unpaired) electrons. The maximum Gasteiger partial charge on any atom is 0.165 e. The number of rotatable bonds is 4. The van der Waals surface area contributed by atoms with Crippen LogP contribution in [0.4, 0.5) is 0 Å². The van der Waals surface area contributed by atoms with Crippen molar-refractivity contribution in [3.05, 3.63) is 198 Å². The van der Waals surface area contributed by atoms with Crippen molar-refractivity contribution >= 4 is 66.4 Å². The van der Waals surface area contributed by atoms with E-state index < -0.39 is 0 Å². The summed E-state index contributed by atoms with van der Waals surface area (Å²) in [5.41, 5.74) is 8.46. The zero-order chi connectivity index (χ0) is 38.2. The van der Waals surface area contributed by atoms with Crippen molar-refractivity contribution in [3.63, 3.8) is 0 Å². The van der Waals surface area contributed by atoms with Crippen molar-refractivity contribution in [2.75, 3.05) is 0 Å². The lowest BCUT2D eigenvalue weighted by Gasteiger charge is -2.15. The summed E-state index contributed by atoms with van der Waals surface area (Å²) in [5.74, 6) is 1.91. The molecule has 0 bridgehead atoms. The molecular weight excluding hydrogens is 709 g/mol. The van der Waals surface area contributed by atoms with Gasteiger partial charge in [0.1, 0.15) is 11.2 Å². The van der Waals surface area contributed by atoms with E-state index in [1.54, 1.807) is 0 Å². The summed E-state index contributed by atoms with van der Waals surface area (Å²) in [6.07, 6.45) is 15.2. The molecule has 6 nitrogen and oxygen atoms in total. The first-order valence-corrected chi connectivity index (χ1v) is 19.5. The molecule has 1 atom stereocenters. The van der Waals surface area contributed by atoms with E-state index in [4.69, 9.17) is 24.9 Å². The van der Waals surface area contributed by atoms with E-state index in [1.165, 1.54) is 16.2 Å². The highest BCUT2D eigenvalue weighted by Gasteiger charge is 2.21. The van der Waals surface area contributed by atoms with Crippen LogP contribution in [-0.2, 0) is 0 Å². The summed E-state index contributed by atoms with van der Waals surface area (Å²) in [5, 5.41) is 9.03. The van der Waals surface area contributed by atoms with Crippen LogP contribution in [0.3, 0.4) is 0 Å². The minimum atomic E-state index is 0.0716. The number of nitrogens with zero attached hydrogens (tertiary/aromatic N) is 6. The van der Waals surface area contributed by atoms with Gasteiger partial charge in [0, 0.05) is 45.2 Å². The van der Waals surface area contributed by atoms with Gasteiger partial charge in [-0.1, -0.05) is 152 Å². The molecule has 0 saturated carbocycles. The fraction of sp³-hybridized carbons (Fsp3) is 0.0192. The van der Waals surface area contributed by atoms with Crippen LogP contribution in [0.25, 0.3) is 100 Å². The van der Waals surface area contributed by atoms with E-state index in [0.29, 0.717) is 17.5 Å². The standard InChI is InChI=1S/C52H32N6/c1-4-19-38-32(14-1)28-37(29-33-15-2-5-20-39(33)38)50-55-49(56-51(57-50)45-31-34-16-3-6-21-40(34)41-22-7-8-23-42(41)45)36-18-13-17-35(30-36)47-43-24-9-10-25-44(43)48-52(54-47)58-27-12-11-26-46(58)53-48/h1-32H. The largest absolute Gasteiger partial charge is 0.284 e. The van der Waals surface area contributed by atoms with Crippen molar-refractivity contribution < 1.29 is 0 Å². The highest BCUT2D eigenvalue weighted by Crippen LogP contribution is 2.37. The van der Waals surface area contributed by atoms with Crippen molar-refractivity contribution in [1.29, 1.82) is 0 Å². The lowest BCUT2D eigenvalue weighted by Crippen LogP contribution is -2.27. The van der Waals surface area contributed by atoms with E-state index in [2.05, 4.69) is 168 Å². The lowest BCUT2D eigenvalue weighted by molar-refractivity contribution is 1.03. The highest BCUT2D eigenvalue weighted by molar-refractivity contribution is 6.13. The molecule has 0 spiro atoms. The van der Waals surface area contributed by atoms with Crippen LogP contribution in [0.5, 0.6) is 0 Å². The summed E-state index contributed by atoms with van der Waals surface area (Å²) < 4.78 is 2.06. The average Bonchev–Trinajstić information content (AvgIpc) is 3.58. The van der Waals surface area contributed by atoms with Gasteiger partial charge in [0.15, 0.2) is 23.1 Å². The average molecular weight is 741 g/mol. The molecule has 6 aromatic carbocycles. The first-order chi connectivity index (χ1) is 28.7. The molecule has 270 valence electrons. The first kappa shape index (κ1) is 32.4. The fourth-order valence-corrected chi connectivity index (χ4v) is 8.76. The van der Waals surface area contributed by atoms with Gasteiger partial charge in [-0.3, -0.25) is 4.40 Å². The Morgan fingerprint density at radius 2 is 1.26 bits per heavy atom. The summed E-state index contributed by atoms with van der Waals surface area (Å²) in [6.45, 7) is 0. The number of hydrogen-bond donors (Lipinski definition) is 0. The lowest BCUT2D eigenvalue weighted by atomic mass is 9.92. The van der Waals surface area contributed by atoms with Gasteiger partial charge in [-0.2, -0.15) is 0 Å². The molecule has 6 heteroatoms. The Morgan fingerprint density at radius 1 is 0.517 bits per heavy atom. The Hall–Kier alpha value is -7.83. The number of imidazole rings is 1. The SMILES string of the molecule is C1=CC2=c3ccccc3=CC(c3nc(-c4cccc(-c5nc6c(nc7ccccn76)c6ccccc56)c4)nc(-c4cc5ccccc5c5ccccc45)n3)=CC2C=C1. The maximum absolute atomic E-state index is 5.35. The van der Waals surface area contributed by atoms with Crippen LogP contribution >= 0.6 is 0 Å². The molecule has 2 aliphatic rings. The van der Waals surface area contributed by atoms with E-state index >= 15 is 0 Å². The van der Waals surface area contributed by atoms with Crippen molar-refractivity contribution in [3.8, 4) is 34.0 Å². The molecule has 12 rings (SSSR count). The second-order valence-electron chi connectivity index (χ2n) is 14.9. The van der Waals surface area contributed by atoms with Crippen LogP contribution in [0.2, 0.25) is 0 Å². The highest BCUT2D eigenvalue weighted by atomic mass is 15.1. The van der Waals surface area contributed by atoms with Gasteiger partial charge in [-0.15, -0.1) is 0 Å². The van der Waals surface area contributed by atoms with Crippen LogP contribution in [-0.4, -0.2) is 29.3 Å². The van der Waals surface area contributed by atoms with Crippen molar-refractivity contribution in [1.82, 2.24) is 29.3 Å². The fourth-order valence-electron chi connectivity index (χ4n) is 8.76. The first-order valence-electron chi connectivity index (χ1n) is 19.5. The third-order valence-electron chi connectivity index (χ3n) is 11.5. The molecule has 4 aromatic heterocycles. The predicted octanol–water partition coefficient (Wildman–Crippen LogP) is 10.3. The molecule has 1 unspecified atom stereocenters. The molecule has 0 N–H and O–H groups in total. The van der Waals surface area contributed by atoms with Gasteiger partial charge in [0.2, 0.25) is 0 Å². The summed E-state index contributed by atoms with van der Waals surface area (Å²) in [4.78, 5) is 26.3. The van der Waals surface area contributed by atoms with Crippen LogP contribution < -0.4 is 10.4 Å². The topological polar surface area (TPSA) is 68.9 Å². The van der Waals surface area contributed by atoms with Crippen LogP contribution in [0, 0.1) is 5.92 Å². The Kier molecular flexibility index (Phi) is 7.19. The Balaban J connectivity index is 1.11. The monoisotopic (exact) mass is 740 g/mol. The maximum atomic E-state index is 5.35. The smallest absolute Gasteiger partial charge is 0.165 e. The second-order valence-corrected chi connectivity index (χ2v) is 14.9. The zero-order valence-corrected chi connectivity index (χ0v) is 31.2. The van der Waals surface area contributed by atoms with Gasteiger partial charge in [-0.25, -0.2) is 24.9 Å². The van der Waals surface area contributed by atoms with E-state index in [0.717, 1.165) is 76.9 Å². The van der Waals surface area contributed by atoms with Crippen molar-refractivity contribution in [2.24, 2.45) is 5.92 Å². The molecule has 0 amide bonds. The number of pyridine rings is 2. The van der Waals surface area contributed by atoms with Gasteiger partial charge in [0.25, 0.3) is 0 Å². The quantitative estimate of drug-likeness (QED) is 0.168. The zero-order valence-electron chi connectivity index (χ0n) is 31.2. The molecular formula is C52H32N6. The molecule has 2 aliphatic carbocycles. The summed E-state index contributed by atoms with van der Waals surface area (Å²) in [6, 6.07) is 50.7. The number of allylic oxidation sites excluding steroid dienone is 6. The Labute approximate surface area is 332 Å². The summed E-state index contributed by atoms with van der Waals surface area (Å²) in [7, 11) is 0. The normalized spacial score (nSPS) is 14.8. The van der Waals surface area contributed by atoms with Gasteiger partial charge in [-0.05, 0) is 67.9 Å². The molecule has 0 aliphatic heterocycles. The number of fused-ring (bicyclic) bond motifs is 10. The van der Waals surface area contributed by atoms with Gasteiger partial charge < -0.3 is 0 Å². The van der Waals surface area contributed by atoms with Crippen LogP contribution in [0.1, 0.15) is 5.82 Å². The molecule has 58 heavy (non-hydrogen) atoms.